The van der Waals surface area contributed by atoms with Crippen LogP contribution >= 0.6 is 0 Å². The van der Waals surface area contributed by atoms with E-state index < -0.39 is 4.92 Å². The molecule has 27 heavy (non-hydrogen) atoms. The number of carbonyl (C=O) groups is 1. The van der Waals surface area contributed by atoms with Gasteiger partial charge in [-0.15, -0.1) is 0 Å². The maximum atomic E-state index is 12.4. The molecule has 8 nitrogen and oxygen atoms in total. The average molecular weight is 369 g/mol. The lowest BCUT2D eigenvalue weighted by Crippen LogP contribution is -2.47. The van der Waals surface area contributed by atoms with Crippen molar-refractivity contribution in [2.24, 2.45) is 7.05 Å². The van der Waals surface area contributed by atoms with Gasteiger partial charge in [-0.05, 0) is 18.6 Å². The lowest BCUT2D eigenvalue weighted by Gasteiger charge is -2.34. The summed E-state index contributed by atoms with van der Waals surface area (Å²) in [5.74, 6) is -0.0706. The Kier molecular flexibility index (Phi) is 5.66. The molecule has 2 heterocycles. The quantitative estimate of drug-likeness (QED) is 0.457. The van der Waals surface area contributed by atoms with Gasteiger partial charge in [0, 0.05) is 69.7 Å². The molecule has 1 saturated heterocycles. The summed E-state index contributed by atoms with van der Waals surface area (Å²) in [5.41, 5.74) is 2.91. The first kappa shape index (κ1) is 18.8. The van der Waals surface area contributed by atoms with Crippen molar-refractivity contribution >= 4 is 17.7 Å². The van der Waals surface area contributed by atoms with Gasteiger partial charge in [0.2, 0.25) is 5.91 Å². The number of piperazine rings is 1. The molecular weight excluding hydrogens is 346 g/mol. The van der Waals surface area contributed by atoms with E-state index in [4.69, 9.17) is 0 Å². The number of aryl methyl sites for hydroxylation is 2. The fourth-order valence-corrected chi connectivity index (χ4v) is 3.19. The topological polar surface area (TPSA) is 84.5 Å². The third kappa shape index (κ3) is 4.79. The van der Waals surface area contributed by atoms with Gasteiger partial charge >= 0.3 is 0 Å². The SMILES string of the molecule is Cc1nn(C)cc1CN1CCN(C(=O)/C=C/c2cccc([N+](=O)[O-])c2)CC1. The van der Waals surface area contributed by atoms with Crippen molar-refractivity contribution in [2.45, 2.75) is 13.5 Å². The molecule has 1 fully saturated rings. The molecule has 1 aliphatic rings. The highest BCUT2D eigenvalue weighted by atomic mass is 16.6. The maximum Gasteiger partial charge on any atom is 0.270 e. The van der Waals surface area contributed by atoms with Gasteiger partial charge in [0.15, 0.2) is 0 Å². The lowest BCUT2D eigenvalue weighted by atomic mass is 10.2. The van der Waals surface area contributed by atoms with Crippen LogP contribution in [0.3, 0.4) is 0 Å². The van der Waals surface area contributed by atoms with Crippen molar-refractivity contribution in [1.29, 1.82) is 0 Å². The first-order chi connectivity index (χ1) is 12.9. The molecular formula is C19H23N5O3. The van der Waals surface area contributed by atoms with E-state index >= 15 is 0 Å². The Labute approximate surface area is 157 Å². The average Bonchev–Trinajstić information content (AvgIpc) is 2.97. The minimum absolute atomic E-state index is 0.0175. The largest absolute Gasteiger partial charge is 0.337 e. The Hall–Kier alpha value is -3.00. The minimum atomic E-state index is -0.442. The van der Waals surface area contributed by atoms with Crippen molar-refractivity contribution in [2.75, 3.05) is 26.2 Å². The Morgan fingerprint density at radius 2 is 2.04 bits per heavy atom. The molecule has 3 rings (SSSR count). The van der Waals surface area contributed by atoms with Crippen molar-refractivity contribution < 1.29 is 9.72 Å². The van der Waals surface area contributed by atoms with Crippen molar-refractivity contribution in [1.82, 2.24) is 19.6 Å². The van der Waals surface area contributed by atoms with Crippen molar-refractivity contribution in [3.05, 3.63) is 63.5 Å². The number of aromatic nitrogens is 2. The third-order valence-electron chi connectivity index (χ3n) is 4.69. The van der Waals surface area contributed by atoms with Crippen LogP contribution in [0.25, 0.3) is 6.08 Å². The lowest BCUT2D eigenvalue weighted by molar-refractivity contribution is -0.384. The fourth-order valence-electron chi connectivity index (χ4n) is 3.19. The number of carbonyl (C=O) groups excluding carboxylic acids is 1. The Balaban J connectivity index is 1.53. The number of nitrogens with zero attached hydrogens (tertiary/aromatic N) is 5. The van der Waals surface area contributed by atoms with E-state index in [2.05, 4.69) is 10.00 Å². The van der Waals surface area contributed by atoms with Gasteiger partial charge < -0.3 is 4.90 Å². The van der Waals surface area contributed by atoms with Crippen LogP contribution in [0, 0.1) is 17.0 Å². The monoisotopic (exact) mass is 369 g/mol. The van der Waals surface area contributed by atoms with Crippen LogP contribution in [-0.2, 0) is 18.4 Å². The maximum absolute atomic E-state index is 12.4. The minimum Gasteiger partial charge on any atom is -0.337 e. The fraction of sp³-hybridized carbons (Fsp3) is 0.368. The number of rotatable bonds is 5. The number of non-ortho nitro benzene ring substituents is 1. The van der Waals surface area contributed by atoms with Gasteiger partial charge in [0.25, 0.3) is 5.69 Å². The molecule has 0 unspecified atom stereocenters. The number of amides is 1. The Morgan fingerprint density at radius 1 is 1.30 bits per heavy atom. The molecule has 0 atom stereocenters. The van der Waals surface area contributed by atoms with Crippen LogP contribution in [0.5, 0.6) is 0 Å². The standard InChI is InChI=1S/C19H23N5O3/c1-15-17(13-21(2)20-15)14-22-8-10-23(11-9-22)19(25)7-6-16-4-3-5-18(12-16)24(26)27/h3-7,12-13H,8-11,14H2,1-2H3/b7-6+. The second-order valence-electron chi connectivity index (χ2n) is 6.70. The van der Waals surface area contributed by atoms with E-state index in [0.29, 0.717) is 18.7 Å². The second kappa shape index (κ2) is 8.13. The molecule has 0 spiro atoms. The van der Waals surface area contributed by atoms with Crippen LogP contribution in [0.15, 0.2) is 36.5 Å². The van der Waals surface area contributed by atoms with Crippen LogP contribution < -0.4 is 0 Å². The molecule has 0 saturated carbocycles. The Bertz CT molecular complexity index is 866. The summed E-state index contributed by atoms with van der Waals surface area (Å²) in [4.78, 5) is 26.9. The van der Waals surface area contributed by atoms with Gasteiger partial charge in [0.1, 0.15) is 0 Å². The highest BCUT2D eigenvalue weighted by Crippen LogP contribution is 2.15. The molecule has 8 heteroatoms. The highest BCUT2D eigenvalue weighted by molar-refractivity contribution is 5.91. The number of nitro groups is 1. The number of nitro benzene ring substituents is 1. The van der Waals surface area contributed by atoms with Gasteiger partial charge in [-0.25, -0.2) is 0 Å². The number of hydrogen-bond acceptors (Lipinski definition) is 5. The molecule has 0 bridgehead atoms. The van der Waals surface area contributed by atoms with Crippen molar-refractivity contribution in [3.63, 3.8) is 0 Å². The third-order valence-corrected chi connectivity index (χ3v) is 4.69. The molecule has 1 amide bonds. The molecule has 0 aliphatic carbocycles. The zero-order valence-electron chi connectivity index (χ0n) is 15.5. The summed E-state index contributed by atoms with van der Waals surface area (Å²) < 4.78 is 1.82. The van der Waals surface area contributed by atoms with Crippen LogP contribution in [-0.4, -0.2) is 56.6 Å². The van der Waals surface area contributed by atoms with Gasteiger partial charge in [-0.3, -0.25) is 24.5 Å². The van der Waals surface area contributed by atoms with Gasteiger partial charge in [-0.1, -0.05) is 12.1 Å². The summed E-state index contributed by atoms with van der Waals surface area (Å²) in [5, 5.41) is 15.2. The highest BCUT2D eigenvalue weighted by Gasteiger charge is 2.20. The van der Waals surface area contributed by atoms with Crippen LogP contribution in [0.2, 0.25) is 0 Å². The molecule has 0 N–H and O–H groups in total. The zero-order valence-corrected chi connectivity index (χ0v) is 15.5. The van der Waals surface area contributed by atoms with E-state index in [1.807, 2.05) is 24.9 Å². The zero-order chi connectivity index (χ0) is 19.4. The molecule has 1 aliphatic heterocycles. The first-order valence-electron chi connectivity index (χ1n) is 8.85. The molecule has 0 radical (unpaired) electrons. The van der Waals surface area contributed by atoms with Gasteiger partial charge in [0.05, 0.1) is 10.6 Å². The summed E-state index contributed by atoms with van der Waals surface area (Å²) in [7, 11) is 1.92. The number of hydrogen-bond donors (Lipinski definition) is 0. The smallest absolute Gasteiger partial charge is 0.270 e. The summed E-state index contributed by atoms with van der Waals surface area (Å²) in [6, 6.07) is 6.24. The molecule has 1 aromatic heterocycles. The second-order valence-corrected chi connectivity index (χ2v) is 6.70. The predicted molar refractivity (Wildman–Crippen MR) is 102 cm³/mol. The van der Waals surface area contributed by atoms with E-state index in [1.54, 1.807) is 23.1 Å². The summed E-state index contributed by atoms with van der Waals surface area (Å²) >= 11 is 0. The number of benzene rings is 1. The van der Waals surface area contributed by atoms with E-state index in [9.17, 15) is 14.9 Å². The summed E-state index contributed by atoms with van der Waals surface area (Å²) in [6.45, 7) is 5.79. The van der Waals surface area contributed by atoms with Gasteiger partial charge in [-0.2, -0.15) is 5.10 Å². The van der Waals surface area contributed by atoms with Crippen LogP contribution in [0.1, 0.15) is 16.8 Å². The predicted octanol–water partition coefficient (Wildman–Crippen LogP) is 1.99. The Morgan fingerprint density at radius 3 is 2.67 bits per heavy atom. The first-order valence-corrected chi connectivity index (χ1v) is 8.85. The van der Waals surface area contributed by atoms with Crippen molar-refractivity contribution in [3.8, 4) is 0 Å². The van der Waals surface area contributed by atoms with E-state index in [0.717, 1.165) is 25.3 Å². The summed E-state index contributed by atoms with van der Waals surface area (Å²) in [6.07, 6.45) is 5.15. The van der Waals surface area contributed by atoms with E-state index in [-0.39, 0.29) is 11.6 Å². The molecule has 1 aromatic carbocycles. The van der Waals surface area contributed by atoms with Crippen LogP contribution in [0.4, 0.5) is 5.69 Å². The normalized spacial score (nSPS) is 15.4. The molecule has 142 valence electrons. The van der Waals surface area contributed by atoms with E-state index in [1.165, 1.54) is 23.8 Å². The molecule has 2 aromatic rings.